The Bertz CT molecular complexity index is 1160. The van der Waals surface area contributed by atoms with Gasteiger partial charge in [-0.05, 0) is 73.3 Å². The number of halogens is 1. The third-order valence-corrected chi connectivity index (χ3v) is 5.06. The first kappa shape index (κ1) is 19.2. The van der Waals surface area contributed by atoms with Gasteiger partial charge in [0.2, 0.25) is 0 Å². The molecule has 2 N–H and O–H groups in total. The summed E-state index contributed by atoms with van der Waals surface area (Å²) in [4.78, 5) is 6.63. The molecular weight excluding hydrogens is 382 g/mol. The number of phenolic OH excluding ortho intramolecular Hbond substituents is 1. The topological polar surface area (TPSA) is 48.4 Å². The molecule has 0 atom stereocenters. The van der Waals surface area contributed by atoms with E-state index < -0.39 is 0 Å². The number of nitrogens with one attached hydrogen (secondary N) is 1. The minimum Gasteiger partial charge on any atom is -0.506 e. The van der Waals surface area contributed by atoms with Gasteiger partial charge in [-0.15, -0.1) is 0 Å². The fourth-order valence-electron chi connectivity index (χ4n) is 3.34. The van der Waals surface area contributed by atoms with Gasteiger partial charge in [-0.3, -0.25) is 4.98 Å². The van der Waals surface area contributed by atoms with Crippen LogP contribution < -0.4 is 5.32 Å². The summed E-state index contributed by atoms with van der Waals surface area (Å²) < 4.78 is 0. The zero-order valence-electron chi connectivity index (χ0n) is 16.4. The van der Waals surface area contributed by atoms with Crippen LogP contribution in [0.25, 0.3) is 22.0 Å². The Morgan fingerprint density at radius 3 is 2.38 bits per heavy atom. The van der Waals surface area contributed by atoms with Crippen LogP contribution in [0.2, 0.25) is 5.02 Å². The maximum atomic E-state index is 9.68. The molecule has 4 nitrogen and oxygen atoms in total. The van der Waals surface area contributed by atoms with Crippen molar-refractivity contribution in [2.75, 3.05) is 19.4 Å². The number of hydrogen-bond acceptors (Lipinski definition) is 4. The summed E-state index contributed by atoms with van der Waals surface area (Å²) in [7, 11) is 4.13. The van der Waals surface area contributed by atoms with E-state index in [1.54, 1.807) is 12.1 Å². The Kier molecular flexibility index (Phi) is 5.38. The molecule has 0 saturated heterocycles. The van der Waals surface area contributed by atoms with Gasteiger partial charge in [0.05, 0.1) is 10.5 Å². The first-order chi connectivity index (χ1) is 14.0. The van der Waals surface area contributed by atoms with Gasteiger partial charge in [0.25, 0.3) is 0 Å². The average Bonchev–Trinajstić information content (AvgIpc) is 2.71. The minimum absolute atomic E-state index is 0.0814. The van der Waals surface area contributed by atoms with E-state index in [1.807, 2.05) is 30.5 Å². The number of rotatable bonds is 5. The number of hydrogen-bond donors (Lipinski definition) is 2. The molecule has 29 heavy (non-hydrogen) atoms. The molecule has 0 amide bonds. The molecule has 0 radical (unpaired) electrons. The lowest BCUT2D eigenvalue weighted by atomic mass is 10.0. The monoisotopic (exact) mass is 403 g/mol. The summed E-state index contributed by atoms with van der Waals surface area (Å²) in [5, 5.41) is 14.5. The van der Waals surface area contributed by atoms with Crippen molar-refractivity contribution in [1.29, 1.82) is 0 Å². The van der Waals surface area contributed by atoms with E-state index in [0.717, 1.165) is 39.9 Å². The molecular formula is C24H22ClN3O. The van der Waals surface area contributed by atoms with Crippen molar-refractivity contribution in [3.8, 4) is 16.9 Å². The fourth-order valence-corrected chi connectivity index (χ4v) is 3.52. The first-order valence-electron chi connectivity index (χ1n) is 9.38. The molecule has 5 heteroatoms. The lowest BCUT2D eigenvalue weighted by Crippen LogP contribution is -2.10. The van der Waals surface area contributed by atoms with Crippen LogP contribution in [0.1, 0.15) is 5.56 Å². The van der Waals surface area contributed by atoms with Gasteiger partial charge in [0, 0.05) is 29.5 Å². The highest BCUT2D eigenvalue weighted by Crippen LogP contribution is 2.33. The standard InChI is InChI=1S/C24H22ClN3O/c1-28(2)15-16-3-7-19(8-4-16)27-23-11-12-26-22-9-5-17(13-20(22)23)18-6-10-24(29)21(25)14-18/h3-14,29H,15H2,1-2H3,(H,26,27). The van der Waals surface area contributed by atoms with Crippen molar-refractivity contribution in [3.05, 3.63) is 83.5 Å². The summed E-state index contributed by atoms with van der Waals surface area (Å²) in [6.45, 7) is 0.914. The minimum atomic E-state index is 0.0814. The predicted octanol–water partition coefficient (Wildman–Crippen LogP) is 6.07. The molecule has 1 aromatic heterocycles. The van der Waals surface area contributed by atoms with Gasteiger partial charge in [0.1, 0.15) is 5.75 Å². The van der Waals surface area contributed by atoms with Crippen LogP contribution in [0.15, 0.2) is 72.9 Å². The number of aromatic nitrogens is 1. The largest absolute Gasteiger partial charge is 0.506 e. The van der Waals surface area contributed by atoms with Gasteiger partial charge < -0.3 is 15.3 Å². The second kappa shape index (κ2) is 8.11. The molecule has 0 saturated carbocycles. The molecule has 4 rings (SSSR count). The Morgan fingerprint density at radius 1 is 0.931 bits per heavy atom. The molecule has 0 spiro atoms. The second-order valence-electron chi connectivity index (χ2n) is 7.32. The van der Waals surface area contributed by atoms with Crippen LogP contribution in [-0.2, 0) is 6.54 Å². The Hall–Kier alpha value is -3.08. The summed E-state index contributed by atoms with van der Waals surface area (Å²) in [6.07, 6.45) is 1.81. The SMILES string of the molecule is CN(C)Cc1ccc(Nc2ccnc3ccc(-c4ccc(O)c(Cl)c4)cc23)cc1. The van der Waals surface area contributed by atoms with Gasteiger partial charge in [-0.2, -0.15) is 0 Å². The van der Waals surface area contributed by atoms with E-state index in [4.69, 9.17) is 11.6 Å². The lowest BCUT2D eigenvalue weighted by Gasteiger charge is -2.13. The van der Waals surface area contributed by atoms with Crippen molar-refractivity contribution in [1.82, 2.24) is 9.88 Å². The van der Waals surface area contributed by atoms with Crippen molar-refractivity contribution in [2.24, 2.45) is 0 Å². The predicted molar refractivity (Wildman–Crippen MR) is 121 cm³/mol. The number of pyridine rings is 1. The number of aromatic hydroxyl groups is 1. The van der Waals surface area contributed by atoms with E-state index in [0.29, 0.717) is 5.02 Å². The number of benzene rings is 3. The zero-order valence-corrected chi connectivity index (χ0v) is 17.1. The Balaban J connectivity index is 1.68. The molecule has 146 valence electrons. The first-order valence-corrected chi connectivity index (χ1v) is 9.76. The summed E-state index contributed by atoms with van der Waals surface area (Å²) in [5.74, 6) is 0.0814. The van der Waals surface area contributed by atoms with E-state index in [2.05, 4.69) is 59.6 Å². The van der Waals surface area contributed by atoms with Gasteiger partial charge >= 0.3 is 0 Å². The maximum absolute atomic E-state index is 9.68. The zero-order chi connectivity index (χ0) is 20.4. The highest BCUT2D eigenvalue weighted by molar-refractivity contribution is 6.32. The molecule has 0 unspecified atom stereocenters. The van der Waals surface area contributed by atoms with Crippen LogP contribution in [0.5, 0.6) is 5.75 Å². The number of fused-ring (bicyclic) bond motifs is 1. The van der Waals surface area contributed by atoms with Crippen molar-refractivity contribution < 1.29 is 5.11 Å². The quantitative estimate of drug-likeness (QED) is 0.424. The smallest absolute Gasteiger partial charge is 0.134 e. The van der Waals surface area contributed by atoms with Crippen LogP contribution in [0.3, 0.4) is 0 Å². The maximum Gasteiger partial charge on any atom is 0.134 e. The molecule has 0 bridgehead atoms. The normalized spacial score (nSPS) is 11.2. The molecule has 0 fully saturated rings. The third kappa shape index (κ3) is 4.34. The van der Waals surface area contributed by atoms with Crippen LogP contribution in [0.4, 0.5) is 11.4 Å². The highest BCUT2D eigenvalue weighted by Gasteiger charge is 2.08. The molecule has 0 aliphatic heterocycles. The van der Waals surface area contributed by atoms with Crippen molar-refractivity contribution >= 4 is 33.9 Å². The van der Waals surface area contributed by atoms with E-state index in [-0.39, 0.29) is 5.75 Å². The fraction of sp³-hybridized carbons (Fsp3) is 0.125. The summed E-state index contributed by atoms with van der Waals surface area (Å²) >= 11 is 6.09. The molecule has 4 aromatic rings. The number of phenols is 1. The molecule has 0 aliphatic carbocycles. The summed E-state index contributed by atoms with van der Waals surface area (Å²) in [6, 6.07) is 21.8. The Morgan fingerprint density at radius 2 is 1.66 bits per heavy atom. The number of anilines is 2. The molecule has 1 heterocycles. The van der Waals surface area contributed by atoms with Crippen molar-refractivity contribution in [2.45, 2.75) is 6.54 Å². The lowest BCUT2D eigenvalue weighted by molar-refractivity contribution is 0.402. The van der Waals surface area contributed by atoms with Gasteiger partial charge in [-0.25, -0.2) is 0 Å². The second-order valence-corrected chi connectivity index (χ2v) is 7.72. The van der Waals surface area contributed by atoms with Crippen molar-refractivity contribution in [3.63, 3.8) is 0 Å². The number of nitrogens with zero attached hydrogens (tertiary/aromatic N) is 2. The highest BCUT2D eigenvalue weighted by atomic mass is 35.5. The molecule has 3 aromatic carbocycles. The van der Waals surface area contributed by atoms with E-state index in [1.165, 1.54) is 5.56 Å². The van der Waals surface area contributed by atoms with Crippen LogP contribution in [0, 0.1) is 0 Å². The van der Waals surface area contributed by atoms with E-state index in [9.17, 15) is 5.11 Å². The van der Waals surface area contributed by atoms with Crippen LogP contribution in [-0.4, -0.2) is 29.1 Å². The van der Waals surface area contributed by atoms with Gasteiger partial charge in [0.15, 0.2) is 0 Å². The molecule has 0 aliphatic rings. The Labute approximate surface area is 175 Å². The third-order valence-electron chi connectivity index (χ3n) is 4.75. The van der Waals surface area contributed by atoms with Crippen LogP contribution >= 0.6 is 11.6 Å². The van der Waals surface area contributed by atoms with E-state index >= 15 is 0 Å². The summed E-state index contributed by atoms with van der Waals surface area (Å²) in [5.41, 5.74) is 6.15. The van der Waals surface area contributed by atoms with Gasteiger partial charge in [-0.1, -0.05) is 35.9 Å². The average molecular weight is 404 g/mol.